The van der Waals surface area contributed by atoms with Gasteiger partial charge in [-0.2, -0.15) is 13.2 Å². The van der Waals surface area contributed by atoms with Crippen molar-refractivity contribution < 1.29 is 27.8 Å². The number of fused-ring (bicyclic) bond motifs is 1. The number of carbonyl (C=O) groups is 1. The second kappa shape index (κ2) is 7.15. The van der Waals surface area contributed by atoms with Crippen LogP contribution in [0.25, 0.3) is 0 Å². The predicted octanol–water partition coefficient (Wildman–Crippen LogP) is 5.21. The van der Waals surface area contributed by atoms with Crippen molar-refractivity contribution >= 4 is 5.78 Å². The Morgan fingerprint density at radius 3 is 2.46 bits per heavy atom. The number of aromatic hydroxyl groups is 1. The largest absolute Gasteiger partial charge is 0.508 e. The van der Waals surface area contributed by atoms with Gasteiger partial charge in [-0.05, 0) is 47.1 Å². The molecule has 1 unspecified atom stereocenters. The van der Waals surface area contributed by atoms with Gasteiger partial charge in [0.05, 0.1) is 5.56 Å². The van der Waals surface area contributed by atoms with Gasteiger partial charge in [-0.25, -0.2) is 0 Å². The molecule has 0 saturated heterocycles. The molecule has 6 heteroatoms. The van der Waals surface area contributed by atoms with Gasteiger partial charge < -0.3 is 9.84 Å². The number of hydrogen-bond acceptors (Lipinski definition) is 3. The molecule has 0 radical (unpaired) electrons. The van der Waals surface area contributed by atoms with Gasteiger partial charge >= 0.3 is 6.18 Å². The highest BCUT2D eigenvalue weighted by Gasteiger charge is 2.38. The molecule has 3 rings (SSSR count). The van der Waals surface area contributed by atoms with Crippen molar-refractivity contribution in [2.75, 3.05) is 0 Å². The van der Waals surface area contributed by atoms with Gasteiger partial charge in [0, 0.05) is 6.42 Å². The molecular formula is C22H23F3O3. The summed E-state index contributed by atoms with van der Waals surface area (Å²) in [6.45, 7) is 5.91. The van der Waals surface area contributed by atoms with Crippen LogP contribution in [0.5, 0.6) is 11.5 Å². The maximum Gasteiger partial charge on any atom is 0.419 e. The number of benzene rings is 2. The molecule has 1 heterocycles. The Kier molecular flexibility index (Phi) is 5.17. The Morgan fingerprint density at radius 2 is 1.86 bits per heavy atom. The van der Waals surface area contributed by atoms with Crippen molar-refractivity contribution in [3.05, 3.63) is 58.7 Å². The van der Waals surface area contributed by atoms with Crippen LogP contribution in [0.3, 0.4) is 0 Å². The minimum atomic E-state index is -4.54. The summed E-state index contributed by atoms with van der Waals surface area (Å²) in [7, 11) is 0. The Labute approximate surface area is 162 Å². The number of halogens is 3. The second-order valence-corrected chi connectivity index (χ2v) is 8.18. The number of aryl methyl sites for hydroxylation is 1. The summed E-state index contributed by atoms with van der Waals surface area (Å²) in [5, 5.41) is 10.2. The first-order valence-corrected chi connectivity index (χ1v) is 9.17. The number of phenolic OH excluding ortho intramolecular Hbond substituents is 1. The SMILES string of the molecule is CC(C)(C)c1ccc(CC(=O)C2CCc3cccc(C(F)(F)F)c3O2)cc1O. The molecule has 0 aliphatic carbocycles. The highest BCUT2D eigenvalue weighted by Crippen LogP contribution is 2.41. The highest BCUT2D eigenvalue weighted by atomic mass is 19.4. The van der Waals surface area contributed by atoms with Crippen molar-refractivity contribution in [3.8, 4) is 11.5 Å². The standard InChI is InChI=1S/C22H23F3O3/c1-21(2,3)15-9-7-13(11-17(15)26)12-18(27)19-10-8-14-5-4-6-16(20(14)28-19)22(23,24)25/h4-7,9,11,19,26H,8,10,12H2,1-3H3. The molecule has 150 valence electrons. The van der Waals surface area contributed by atoms with Gasteiger partial charge in [-0.1, -0.05) is 45.0 Å². The van der Waals surface area contributed by atoms with Crippen molar-refractivity contribution in [2.45, 2.75) is 57.7 Å². The lowest BCUT2D eigenvalue weighted by Crippen LogP contribution is -2.33. The number of ether oxygens (including phenoxy) is 1. The monoisotopic (exact) mass is 392 g/mol. The number of Topliss-reactive ketones (excluding diaryl/α,β-unsaturated/α-hetero) is 1. The number of ketones is 1. The lowest BCUT2D eigenvalue weighted by Gasteiger charge is -2.27. The van der Waals surface area contributed by atoms with Crippen molar-refractivity contribution in [1.29, 1.82) is 0 Å². The fourth-order valence-electron chi connectivity index (χ4n) is 3.50. The lowest BCUT2D eigenvalue weighted by molar-refractivity contribution is -0.141. The van der Waals surface area contributed by atoms with Crippen LogP contribution in [0.4, 0.5) is 13.2 Å². The van der Waals surface area contributed by atoms with Gasteiger partial charge in [0.1, 0.15) is 11.5 Å². The molecule has 1 atom stereocenters. The van der Waals surface area contributed by atoms with E-state index in [2.05, 4.69) is 0 Å². The van der Waals surface area contributed by atoms with Gasteiger partial charge in [0.25, 0.3) is 0 Å². The van der Waals surface area contributed by atoms with Crippen LogP contribution in [0, 0.1) is 0 Å². The first kappa shape index (κ1) is 20.2. The number of carbonyl (C=O) groups excluding carboxylic acids is 1. The van der Waals surface area contributed by atoms with E-state index in [0.29, 0.717) is 24.0 Å². The van der Waals surface area contributed by atoms with E-state index in [4.69, 9.17) is 4.74 Å². The van der Waals surface area contributed by atoms with Crippen LogP contribution in [0.1, 0.15) is 49.4 Å². The molecule has 28 heavy (non-hydrogen) atoms. The summed E-state index contributed by atoms with van der Waals surface area (Å²) < 4.78 is 45.2. The van der Waals surface area contributed by atoms with Gasteiger partial charge in [0.2, 0.25) is 0 Å². The van der Waals surface area contributed by atoms with Crippen LogP contribution >= 0.6 is 0 Å². The molecule has 0 saturated carbocycles. The van der Waals surface area contributed by atoms with E-state index in [-0.39, 0.29) is 29.1 Å². The zero-order valence-corrected chi connectivity index (χ0v) is 16.1. The first-order valence-electron chi connectivity index (χ1n) is 9.17. The minimum Gasteiger partial charge on any atom is -0.508 e. The maximum atomic E-state index is 13.2. The molecular weight excluding hydrogens is 369 g/mol. The molecule has 1 N–H and O–H groups in total. The summed E-state index contributed by atoms with van der Waals surface area (Å²) in [5.41, 5.74) is 0.743. The molecule has 1 aliphatic rings. The Balaban J connectivity index is 1.78. The Bertz CT molecular complexity index is 895. The molecule has 0 aromatic heterocycles. The van der Waals surface area contributed by atoms with Crippen LogP contribution in [-0.4, -0.2) is 17.0 Å². The van der Waals surface area contributed by atoms with E-state index in [1.54, 1.807) is 18.2 Å². The maximum absolute atomic E-state index is 13.2. The van der Waals surface area contributed by atoms with Crippen LogP contribution in [-0.2, 0) is 29.2 Å². The number of rotatable bonds is 3. The third kappa shape index (κ3) is 4.16. The normalized spacial score (nSPS) is 17.0. The Morgan fingerprint density at radius 1 is 1.14 bits per heavy atom. The summed E-state index contributed by atoms with van der Waals surface area (Å²) in [4.78, 5) is 12.6. The first-order chi connectivity index (χ1) is 13.0. The minimum absolute atomic E-state index is 0.00777. The van der Waals surface area contributed by atoms with Crippen molar-refractivity contribution in [3.63, 3.8) is 0 Å². The summed E-state index contributed by atoms with van der Waals surface area (Å²) in [5.74, 6) is -0.442. The molecule has 0 amide bonds. The van der Waals surface area contributed by atoms with Gasteiger partial charge in [-0.15, -0.1) is 0 Å². The van der Waals surface area contributed by atoms with E-state index in [9.17, 15) is 23.1 Å². The lowest BCUT2D eigenvalue weighted by atomic mass is 9.85. The molecule has 3 nitrogen and oxygen atoms in total. The molecule has 0 fully saturated rings. The Hall–Kier alpha value is -2.50. The second-order valence-electron chi connectivity index (χ2n) is 8.18. The van der Waals surface area contributed by atoms with Crippen molar-refractivity contribution in [1.82, 2.24) is 0 Å². The van der Waals surface area contributed by atoms with Gasteiger partial charge in [-0.3, -0.25) is 4.79 Å². The predicted molar refractivity (Wildman–Crippen MR) is 99.7 cm³/mol. The van der Waals surface area contributed by atoms with E-state index < -0.39 is 17.8 Å². The van der Waals surface area contributed by atoms with E-state index in [0.717, 1.165) is 11.6 Å². The fraction of sp³-hybridized carbons (Fsp3) is 0.409. The average Bonchev–Trinajstić information content (AvgIpc) is 2.58. The number of alkyl halides is 3. The highest BCUT2D eigenvalue weighted by molar-refractivity contribution is 5.86. The smallest absolute Gasteiger partial charge is 0.419 e. The summed E-state index contributed by atoms with van der Waals surface area (Å²) in [6, 6.07) is 8.99. The number of hydrogen-bond donors (Lipinski definition) is 1. The summed E-state index contributed by atoms with van der Waals surface area (Å²) >= 11 is 0. The van der Waals surface area contributed by atoms with Crippen molar-refractivity contribution in [2.24, 2.45) is 0 Å². The van der Waals surface area contributed by atoms with E-state index in [1.165, 1.54) is 12.1 Å². The molecule has 1 aliphatic heterocycles. The molecule has 2 aromatic rings. The van der Waals surface area contributed by atoms with Crippen LogP contribution in [0.2, 0.25) is 0 Å². The van der Waals surface area contributed by atoms with Crippen LogP contribution in [0.15, 0.2) is 36.4 Å². The summed E-state index contributed by atoms with van der Waals surface area (Å²) in [6.07, 6.45) is -4.79. The number of phenols is 1. The third-order valence-electron chi connectivity index (χ3n) is 4.95. The third-order valence-corrected chi connectivity index (χ3v) is 4.95. The molecule has 0 spiro atoms. The van der Waals surface area contributed by atoms with E-state index in [1.807, 2.05) is 20.8 Å². The molecule has 0 bridgehead atoms. The number of para-hydroxylation sites is 1. The fourth-order valence-corrected chi connectivity index (χ4v) is 3.50. The van der Waals surface area contributed by atoms with Crippen LogP contribution < -0.4 is 4.74 Å². The zero-order valence-electron chi connectivity index (χ0n) is 16.1. The van der Waals surface area contributed by atoms with Gasteiger partial charge in [0.15, 0.2) is 11.9 Å². The zero-order chi connectivity index (χ0) is 20.7. The average molecular weight is 392 g/mol. The topological polar surface area (TPSA) is 46.5 Å². The quantitative estimate of drug-likeness (QED) is 0.780. The molecule has 2 aromatic carbocycles. The van der Waals surface area contributed by atoms with E-state index >= 15 is 0 Å².